The van der Waals surface area contributed by atoms with E-state index in [1.165, 1.54) is 23.5 Å². The van der Waals surface area contributed by atoms with E-state index in [9.17, 15) is 4.79 Å². The van der Waals surface area contributed by atoms with Crippen LogP contribution in [-0.4, -0.2) is 10.5 Å². The van der Waals surface area contributed by atoms with Crippen LogP contribution in [0.2, 0.25) is 15.1 Å². The van der Waals surface area contributed by atoms with Crippen LogP contribution in [0.25, 0.3) is 10.2 Å². The topological polar surface area (TPSA) is 34.4 Å². The number of carbonyl (C=O) groups excluding carboxylic acids is 1. The van der Waals surface area contributed by atoms with Gasteiger partial charge in [0.05, 0.1) is 16.8 Å². The standard InChI is InChI=1S/C18H11Cl3N2OS/c1-3-6-23-16-10(2)14(21)4-5-15(16)25-18(23)22-17(24)11-7-12(19)9-13(20)8-11/h1,4-5,7-9H,6H2,2H3. The molecule has 0 N–H and O–H groups in total. The van der Waals surface area contributed by atoms with Crippen molar-refractivity contribution in [2.24, 2.45) is 4.99 Å². The quantitative estimate of drug-likeness (QED) is 0.526. The third kappa shape index (κ3) is 3.61. The van der Waals surface area contributed by atoms with Crippen LogP contribution in [0.3, 0.4) is 0 Å². The van der Waals surface area contributed by atoms with Crippen molar-refractivity contribution >= 4 is 62.3 Å². The van der Waals surface area contributed by atoms with E-state index in [2.05, 4.69) is 10.9 Å². The molecule has 3 aromatic rings. The average Bonchev–Trinajstić information content (AvgIpc) is 2.89. The first-order valence-corrected chi connectivity index (χ1v) is 9.13. The molecule has 25 heavy (non-hydrogen) atoms. The normalized spacial score (nSPS) is 11.7. The van der Waals surface area contributed by atoms with Crippen LogP contribution in [0.15, 0.2) is 35.3 Å². The van der Waals surface area contributed by atoms with Crippen molar-refractivity contribution in [3.8, 4) is 12.3 Å². The largest absolute Gasteiger partial charge is 0.304 e. The summed E-state index contributed by atoms with van der Waals surface area (Å²) in [6, 6.07) is 8.32. The molecule has 0 unspecified atom stereocenters. The molecule has 126 valence electrons. The molecule has 3 rings (SSSR count). The Morgan fingerprint density at radius 1 is 1.24 bits per heavy atom. The number of aryl methyl sites for hydroxylation is 1. The Morgan fingerprint density at radius 2 is 1.92 bits per heavy atom. The Hall–Kier alpha value is -1.77. The molecule has 0 aliphatic carbocycles. The number of carbonyl (C=O) groups is 1. The van der Waals surface area contributed by atoms with E-state index in [0.717, 1.165) is 15.8 Å². The third-order valence-electron chi connectivity index (χ3n) is 3.59. The highest BCUT2D eigenvalue weighted by molar-refractivity contribution is 7.16. The molecule has 0 spiro atoms. The van der Waals surface area contributed by atoms with Gasteiger partial charge in [0.25, 0.3) is 5.91 Å². The lowest BCUT2D eigenvalue weighted by molar-refractivity contribution is 0.0998. The number of nitrogens with zero attached hydrogens (tertiary/aromatic N) is 2. The van der Waals surface area contributed by atoms with Gasteiger partial charge in [-0.1, -0.05) is 52.1 Å². The Labute approximate surface area is 163 Å². The van der Waals surface area contributed by atoms with Gasteiger partial charge in [-0.25, -0.2) is 0 Å². The zero-order chi connectivity index (χ0) is 18.1. The number of thiazole rings is 1. The smallest absolute Gasteiger partial charge is 0.279 e. The summed E-state index contributed by atoms with van der Waals surface area (Å²) in [6.45, 7) is 2.19. The predicted molar refractivity (Wildman–Crippen MR) is 105 cm³/mol. The van der Waals surface area contributed by atoms with Crippen molar-refractivity contribution < 1.29 is 4.79 Å². The number of benzene rings is 2. The second-order valence-electron chi connectivity index (χ2n) is 5.27. The zero-order valence-corrected chi connectivity index (χ0v) is 16.1. The van der Waals surface area contributed by atoms with E-state index in [1.807, 2.05) is 23.6 Å². The summed E-state index contributed by atoms with van der Waals surface area (Å²) >= 11 is 19.5. The van der Waals surface area contributed by atoms with E-state index in [-0.39, 0.29) is 6.54 Å². The second-order valence-corrected chi connectivity index (χ2v) is 7.56. The molecule has 0 bridgehead atoms. The highest BCUT2D eigenvalue weighted by Crippen LogP contribution is 2.27. The van der Waals surface area contributed by atoms with Gasteiger partial charge >= 0.3 is 0 Å². The summed E-state index contributed by atoms with van der Waals surface area (Å²) in [7, 11) is 0. The summed E-state index contributed by atoms with van der Waals surface area (Å²) in [5, 5.41) is 1.39. The van der Waals surface area contributed by atoms with Crippen molar-refractivity contribution in [1.82, 2.24) is 4.57 Å². The van der Waals surface area contributed by atoms with Gasteiger partial charge in [0.15, 0.2) is 4.80 Å². The Balaban J connectivity index is 2.22. The SMILES string of the molecule is C#CCn1c(=NC(=O)c2cc(Cl)cc(Cl)c2)sc2ccc(Cl)c(C)c21. The molecule has 7 heteroatoms. The minimum Gasteiger partial charge on any atom is -0.304 e. The molecule has 2 aromatic carbocycles. The van der Waals surface area contributed by atoms with Crippen LogP contribution in [-0.2, 0) is 6.54 Å². The molecule has 3 nitrogen and oxygen atoms in total. The highest BCUT2D eigenvalue weighted by atomic mass is 35.5. The fourth-order valence-electron chi connectivity index (χ4n) is 2.47. The molecule has 1 heterocycles. The maximum atomic E-state index is 12.5. The van der Waals surface area contributed by atoms with Gasteiger partial charge in [-0.3, -0.25) is 4.79 Å². The molecule has 0 radical (unpaired) electrons. The number of hydrogen-bond acceptors (Lipinski definition) is 2. The Morgan fingerprint density at radius 3 is 2.56 bits per heavy atom. The third-order valence-corrected chi connectivity index (χ3v) is 5.48. The highest BCUT2D eigenvalue weighted by Gasteiger charge is 2.13. The molecule has 0 saturated heterocycles. The second kappa shape index (κ2) is 7.23. The van der Waals surface area contributed by atoms with Crippen molar-refractivity contribution in [2.45, 2.75) is 13.5 Å². The molecule has 0 atom stereocenters. The molecule has 0 aliphatic heterocycles. The van der Waals surface area contributed by atoms with Crippen LogP contribution in [0.4, 0.5) is 0 Å². The molecule has 1 aromatic heterocycles. The fraction of sp³-hybridized carbons (Fsp3) is 0.111. The molecule has 0 fully saturated rings. The van der Waals surface area contributed by atoms with Crippen LogP contribution in [0, 0.1) is 19.3 Å². The van der Waals surface area contributed by atoms with E-state index in [1.54, 1.807) is 6.07 Å². The number of hydrogen-bond donors (Lipinski definition) is 0. The number of rotatable bonds is 2. The van der Waals surface area contributed by atoms with Crippen molar-refractivity contribution in [2.75, 3.05) is 0 Å². The lowest BCUT2D eigenvalue weighted by Gasteiger charge is -2.04. The maximum Gasteiger partial charge on any atom is 0.279 e. The lowest BCUT2D eigenvalue weighted by atomic mass is 10.2. The van der Waals surface area contributed by atoms with Gasteiger partial charge in [-0.05, 0) is 42.8 Å². The van der Waals surface area contributed by atoms with Crippen molar-refractivity contribution in [3.05, 3.63) is 61.3 Å². The minimum atomic E-state index is -0.439. The molecule has 0 saturated carbocycles. The first-order chi connectivity index (χ1) is 11.9. The molecular weight excluding hydrogens is 399 g/mol. The van der Waals surface area contributed by atoms with E-state index in [0.29, 0.717) is 25.4 Å². The van der Waals surface area contributed by atoms with Gasteiger partial charge in [0.2, 0.25) is 0 Å². The minimum absolute atomic E-state index is 0.281. The first-order valence-electron chi connectivity index (χ1n) is 7.17. The van der Waals surface area contributed by atoms with Gasteiger partial charge < -0.3 is 4.57 Å². The molecular formula is C18H11Cl3N2OS. The lowest BCUT2D eigenvalue weighted by Crippen LogP contribution is -2.17. The Bertz CT molecular complexity index is 1090. The van der Waals surface area contributed by atoms with Gasteiger partial charge in [0.1, 0.15) is 0 Å². The van der Waals surface area contributed by atoms with E-state index >= 15 is 0 Å². The molecule has 0 aliphatic rings. The monoisotopic (exact) mass is 408 g/mol. The van der Waals surface area contributed by atoms with Gasteiger partial charge in [-0.2, -0.15) is 4.99 Å². The summed E-state index contributed by atoms with van der Waals surface area (Å²) in [5.41, 5.74) is 2.09. The van der Waals surface area contributed by atoms with Crippen LogP contribution in [0.5, 0.6) is 0 Å². The summed E-state index contributed by atoms with van der Waals surface area (Å²) in [4.78, 5) is 17.3. The fourth-order valence-corrected chi connectivity index (χ4v) is 4.23. The van der Waals surface area contributed by atoms with E-state index < -0.39 is 5.91 Å². The summed E-state index contributed by atoms with van der Waals surface area (Å²) in [5.74, 6) is 2.15. The average molecular weight is 410 g/mol. The number of halogens is 3. The predicted octanol–water partition coefficient (Wildman–Crippen LogP) is 5.35. The maximum absolute atomic E-state index is 12.5. The summed E-state index contributed by atoms with van der Waals surface area (Å²) in [6.07, 6.45) is 5.49. The van der Waals surface area contributed by atoms with Gasteiger partial charge in [0, 0.05) is 20.6 Å². The summed E-state index contributed by atoms with van der Waals surface area (Å²) < 4.78 is 2.76. The first kappa shape index (κ1) is 18.0. The number of terminal acetylenes is 1. The van der Waals surface area contributed by atoms with Gasteiger partial charge in [-0.15, -0.1) is 6.42 Å². The van der Waals surface area contributed by atoms with Crippen LogP contribution < -0.4 is 4.80 Å². The number of aromatic nitrogens is 1. The van der Waals surface area contributed by atoms with Crippen molar-refractivity contribution in [3.63, 3.8) is 0 Å². The van der Waals surface area contributed by atoms with Crippen LogP contribution >= 0.6 is 46.1 Å². The number of fused-ring (bicyclic) bond motifs is 1. The molecule has 1 amide bonds. The number of amides is 1. The zero-order valence-electron chi connectivity index (χ0n) is 13.0. The Kier molecular flexibility index (Phi) is 5.21. The van der Waals surface area contributed by atoms with E-state index in [4.69, 9.17) is 41.2 Å². The van der Waals surface area contributed by atoms with Crippen molar-refractivity contribution in [1.29, 1.82) is 0 Å². The van der Waals surface area contributed by atoms with Crippen LogP contribution in [0.1, 0.15) is 15.9 Å².